The fourth-order valence-electron chi connectivity index (χ4n) is 1.98. The van der Waals surface area contributed by atoms with Crippen LogP contribution in [0.1, 0.15) is 33.4 Å². The van der Waals surface area contributed by atoms with Gasteiger partial charge in [0.05, 0.1) is 11.9 Å². The molecule has 1 aliphatic heterocycles. The number of hydrogen-bond donors (Lipinski definition) is 1. The van der Waals surface area contributed by atoms with Gasteiger partial charge in [-0.25, -0.2) is 0 Å². The summed E-state index contributed by atoms with van der Waals surface area (Å²) in [6.07, 6.45) is 3.01. The molecule has 3 heteroatoms. The molecule has 1 saturated heterocycles. The van der Waals surface area contributed by atoms with Gasteiger partial charge in [-0.15, -0.1) is 0 Å². The van der Waals surface area contributed by atoms with Crippen LogP contribution in [0.2, 0.25) is 0 Å². The highest BCUT2D eigenvalue weighted by Crippen LogP contribution is 2.15. The molecule has 0 aromatic carbocycles. The molecule has 1 aromatic rings. The average Bonchev–Trinajstić information content (AvgIpc) is 2.41. The monoisotopic (exact) mass is 235 g/mol. The zero-order valence-electron chi connectivity index (χ0n) is 11.5. The van der Waals surface area contributed by atoms with Crippen molar-refractivity contribution in [3.63, 3.8) is 0 Å². The van der Waals surface area contributed by atoms with Crippen LogP contribution in [0.25, 0.3) is 0 Å². The SMILES string of the molecule is CC.CCc1ccc(N2CCNC(C)C2)cn1. The molecular formula is C14H25N3. The predicted molar refractivity (Wildman–Crippen MR) is 74.6 cm³/mol. The van der Waals surface area contributed by atoms with Gasteiger partial charge in [0.2, 0.25) is 0 Å². The number of hydrogen-bond acceptors (Lipinski definition) is 3. The maximum absolute atomic E-state index is 4.44. The highest BCUT2D eigenvalue weighted by atomic mass is 15.2. The Labute approximate surface area is 105 Å². The van der Waals surface area contributed by atoms with E-state index in [0.29, 0.717) is 6.04 Å². The Morgan fingerprint density at radius 1 is 1.41 bits per heavy atom. The fraction of sp³-hybridized carbons (Fsp3) is 0.643. The summed E-state index contributed by atoms with van der Waals surface area (Å²) in [6.45, 7) is 11.6. The van der Waals surface area contributed by atoms with Crippen molar-refractivity contribution in [1.29, 1.82) is 0 Å². The Morgan fingerprint density at radius 2 is 2.18 bits per heavy atom. The molecule has 1 fully saturated rings. The summed E-state index contributed by atoms with van der Waals surface area (Å²) in [6, 6.07) is 4.89. The van der Waals surface area contributed by atoms with Gasteiger partial charge in [0, 0.05) is 31.4 Å². The largest absolute Gasteiger partial charge is 0.367 e. The predicted octanol–water partition coefficient (Wildman–Crippen LogP) is 2.47. The van der Waals surface area contributed by atoms with Crippen molar-refractivity contribution in [2.45, 2.75) is 40.2 Å². The van der Waals surface area contributed by atoms with E-state index in [2.05, 4.69) is 41.2 Å². The van der Waals surface area contributed by atoms with Crippen LogP contribution in [-0.4, -0.2) is 30.7 Å². The zero-order valence-corrected chi connectivity index (χ0v) is 11.5. The van der Waals surface area contributed by atoms with E-state index in [-0.39, 0.29) is 0 Å². The van der Waals surface area contributed by atoms with Crippen molar-refractivity contribution >= 4 is 5.69 Å². The minimum absolute atomic E-state index is 0.574. The number of nitrogens with zero attached hydrogens (tertiary/aromatic N) is 2. The molecule has 1 aliphatic rings. The molecule has 17 heavy (non-hydrogen) atoms. The van der Waals surface area contributed by atoms with Crippen molar-refractivity contribution < 1.29 is 0 Å². The average molecular weight is 235 g/mol. The lowest BCUT2D eigenvalue weighted by Gasteiger charge is -2.33. The molecular weight excluding hydrogens is 210 g/mol. The summed E-state index contributed by atoms with van der Waals surface area (Å²) in [5, 5.41) is 3.44. The minimum Gasteiger partial charge on any atom is -0.367 e. The number of aryl methyl sites for hydroxylation is 1. The third kappa shape index (κ3) is 4.00. The van der Waals surface area contributed by atoms with E-state index in [1.54, 1.807) is 0 Å². The van der Waals surface area contributed by atoms with Crippen LogP contribution in [0.3, 0.4) is 0 Å². The van der Waals surface area contributed by atoms with Gasteiger partial charge in [-0.2, -0.15) is 0 Å². The molecule has 1 unspecified atom stereocenters. The molecule has 0 amide bonds. The van der Waals surface area contributed by atoms with Gasteiger partial charge < -0.3 is 10.2 Å². The van der Waals surface area contributed by atoms with Gasteiger partial charge in [-0.3, -0.25) is 4.98 Å². The maximum atomic E-state index is 4.44. The van der Waals surface area contributed by atoms with Crippen LogP contribution >= 0.6 is 0 Å². The van der Waals surface area contributed by atoms with Crippen molar-refractivity contribution in [2.75, 3.05) is 24.5 Å². The summed E-state index contributed by atoms with van der Waals surface area (Å²) < 4.78 is 0. The highest BCUT2D eigenvalue weighted by Gasteiger charge is 2.15. The number of anilines is 1. The molecule has 0 saturated carbocycles. The van der Waals surface area contributed by atoms with E-state index in [1.807, 2.05) is 20.0 Å². The lowest BCUT2D eigenvalue weighted by molar-refractivity contribution is 0.484. The minimum atomic E-state index is 0.574. The first kappa shape index (κ1) is 14.0. The maximum Gasteiger partial charge on any atom is 0.0553 e. The van der Waals surface area contributed by atoms with Gasteiger partial charge >= 0.3 is 0 Å². The molecule has 0 aliphatic carbocycles. The second kappa shape index (κ2) is 7.28. The molecule has 96 valence electrons. The Hall–Kier alpha value is -1.09. The van der Waals surface area contributed by atoms with Gasteiger partial charge in [0.1, 0.15) is 0 Å². The van der Waals surface area contributed by atoms with E-state index >= 15 is 0 Å². The van der Waals surface area contributed by atoms with Crippen LogP contribution < -0.4 is 10.2 Å². The molecule has 0 radical (unpaired) electrons. The number of piperazine rings is 1. The normalized spacial score (nSPS) is 19.5. The summed E-state index contributed by atoms with van der Waals surface area (Å²) >= 11 is 0. The fourth-order valence-corrected chi connectivity index (χ4v) is 1.98. The van der Waals surface area contributed by atoms with E-state index in [9.17, 15) is 0 Å². The van der Waals surface area contributed by atoms with Crippen molar-refractivity contribution in [1.82, 2.24) is 10.3 Å². The quantitative estimate of drug-likeness (QED) is 0.853. The first-order valence-corrected chi connectivity index (χ1v) is 6.73. The Bertz CT molecular complexity index is 308. The molecule has 0 spiro atoms. The molecule has 1 atom stereocenters. The summed E-state index contributed by atoms with van der Waals surface area (Å²) in [5.74, 6) is 0. The zero-order chi connectivity index (χ0) is 12.7. The molecule has 0 bridgehead atoms. The van der Waals surface area contributed by atoms with Crippen LogP contribution in [-0.2, 0) is 6.42 Å². The Morgan fingerprint density at radius 3 is 2.71 bits per heavy atom. The van der Waals surface area contributed by atoms with Crippen LogP contribution in [0, 0.1) is 0 Å². The summed E-state index contributed by atoms with van der Waals surface area (Å²) in [7, 11) is 0. The Balaban J connectivity index is 0.000000686. The van der Waals surface area contributed by atoms with Crippen LogP contribution in [0.5, 0.6) is 0 Å². The van der Waals surface area contributed by atoms with Crippen LogP contribution in [0.15, 0.2) is 18.3 Å². The number of pyridine rings is 1. The molecule has 2 heterocycles. The summed E-state index contributed by atoms with van der Waals surface area (Å²) in [4.78, 5) is 6.83. The van der Waals surface area contributed by atoms with E-state index < -0.39 is 0 Å². The van der Waals surface area contributed by atoms with Crippen molar-refractivity contribution in [3.8, 4) is 0 Å². The smallest absolute Gasteiger partial charge is 0.0553 e. The molecule has 1 aromatic heterocycles. The van der Waals surface area contributed by atoms with Gasteiger partial charge in [0.25, 0.3) is 0 Å². The first-order chi connectivity index (χ1) is 8.29. The standard InChI is InChI=1S/C12H19N3.C2H6/c1-3-11-4-5-12(8-14-11)15-7-6-13-10(2)9-15;1-2/h4-5,8,10,13H,3,6-7,9H2,1-2H3;1-2H3. The summed E-state index contributed by atoms with van der Waals surface area (Å²) in [5.41, 5.74) is 2.42. The first-order valence-electron chi connectivity index (χ1n) is 6.73. The van der Waals surface area contributed by atoms with Crippen LogP contribution in [0.4, 0.5) is 5.69 Å². The third-order valence-electron chi connectivity index (χ3n) is 2.91. The van der Waals surface area contributed by atoms with E-state index in [0.717, 1.165) is 26.1 Å². The number of rotatable bonds is 2. The molecule has 1 N–H and O–H groups in total. The lowest BCUT2D eigenvalue weighted by Crippen LogP contribution is -2.49. The number of aromatic nitrogens is 1. The van der Waals surface area contributed by atoms with Gasteiger partial charge in [-0.05, 0) is 25.5 Å². The van der Waals surface area contributed by atoms with Crippen molar-refractivity contribution in [2.24, 2.45) is 0 Å². The van der Waals surface area contributed by atoms with E-state index in [1.165, 1.54) is 11.4 Å². The third-order valence-corrected chi connectivity index (χ3v) is 2.91. The highest BCUT2D eigenvalue weighted by molar-refractivity contribution is 5.45. The molecule has 2 rings (SSSR count). The Kier molecular flexibility index (Phi) is 5.98. The van der Waals surface area contributed by atoms with Gasteiger partial charge in [-0.1, -0.05) is 20.8 Å². The number of nitrogens with one attached hydrogen (secondary N) is 1. The van der Waals surface area contributed by atoms with Crippen molar-refractivity contribution in [3.05, 3.63) is 24.0 Å². The van der Waals surface area contributed by atoms with Gasteiger partial charge in [0.15, 0.2) is 0 Å². The topological polar surface area (TPSA) is 28.2 Å². The molecule has 3 nitrogen and oxygen atoms in total. The van der Waals surface area contributed by atoms with E-state index in [4.69, 9.17) is 0 Å². The second-order valence-electron chi connectivity index (χ2n) is 4.16. The second-order valence-corrected chi connectivity index (χ2v) is 4.16. The lowest BCUT2D eigenvalue weighted by atomic mass is 10.2.